The summed E-state index contributed by atoms with van der Waals surface area (Å²) in [4.78, 5) is 25.7. The molecular weight excluding hydrogens is 482 g/mol. The Kier molecular flexibility index (Phi) is 7.80. The summed E-state index contributed by atoms with van der Waals surface area (Å²) < 4.78 is 61.0. The molecular formula is C25H33F4N3O4. The van der Waals surface area contributed by atoms with E-state index < -0.39 is 24.4 Å². The van der Waals surface area contributed by atoms with E-state index in [1.54, 1.807) is 19.1 Å². The number of halogens is 4. The van der Waals surface area contributed by atoms with Crippen LogP contribution in [0.25, 0.3) is 0 Å². The number of rotatable bonds is 8. The van der Waals surface area contributed by atoms with Crippen LogP contribution in [-0.4, -0.2) is 55.6 Å². The van der Waals surface area contributed by atoms with Crippen LogP contribution in [0.4, 0.5) is 17.6 Å². The van der Waals surface area contributed by atoms with Crippen molar-refractivity contribution in [1.29, 1.82) is 0 Å². The van der Waals surface area contributed by atoms with Gasteiger partial charge in [0.2, 0.25) is 5.91 Å². The maximum atomic E-state index is 13.7. The number of alkyl halides is 3. The van der Waals surface area contributed by atoms with Gasteiger partial charge in [-0.05, 0) is 69.9 Å². The predicted octanol–water partition coefficient (Wildman–Crippen LogP) is 3.50. The van der Waals surface area contributed by atoms with E-state index in [1.807, 2.05) is 0 Å². The molecule has 1 saturated heterocycles. The van der Waals surface area contributed by atoms with Gasteiger partial charge in [-0.25, -0.2) is 4.39 Å². The van der Waals surface area contributed by atoms with Crippen LogP contribution >= 0.6 is 0 Å². The lowest BCUT2D eigenvalue weighted by Gasteiger charge is -2.53. The van der Waals surface area contributed by atoms with Gasteiger partial charge in [-0.15, -0.1) is 0 Å². The zero-order valence-electron chi connectivity index (χ0n) is 20.3. The van der Waals surface area contributed by atoms with Crippen LogP contribution in [0.3, 0.4) is 0 Å². The first kappa shape index (κ1) is 26.7. The number of ether oxygens (including phenoxy) is 2. The molecule has 1 aromatic carbocycles. The van der Waals surface area contributed by atoms with Crippen molar-refractivity contribution < 1.29 is 36.6 Å². The minimum Gasteiger partial charge on any atom is -0.484 e. The molecule has 36 heavy (non-hydrogen) atoms. The molecule has 3 aliphatic carbocycles. The Morgan fingerprint density at radius 2 is 1.81 bits per heavy atom. The van der Waals surface area contributed by atoms with Gasteiger partial charge in [0.25, 0.3) is 5.91 Å². The second-order valence-corrected chi connectivity index (χ2v) is 10.4. The summed E-state index contributed by atoms with van der Waals surface area (Å²) >= 11 is 0. The van der Waals surface area contributed by atoms with Crippen LogP contribution in [0, 0.1) is 18.2 Å². The molecule has 2 atom stereocenters. The molecule has 0 spiro atoms. The normalized spacial score (nSPS) is 30.0. The lowest BCUT2D eigenvalue weighted by molar-refractivity contribution is -0.190. The van der Waals surface area contributed by atoms with Gasteiger partial charge in [-0.2, -0.15) is 13.2 Å². The van der Waals surface area contributed by atoms with E-state index in [0.29, 0.717) is 69.2 Å². The van der Waals surface area contributed by atoms with E-state index in [2.05, 4.69) is 16.0 Å². The number of amides is 2. The molecule has 4 fully saturated rings. The molecule has 3 saturated carbocycles. The third-order valence-corrected chi connectivity index (χ3v) is 7.80. The van der Waals surface area contributed by atoms with E-state index in [9.17, 15) is 27.2 Å². The summed E-state index contributed by atoms with van der Waals surface area (Å²) in [5.74, 6) is -0.387. The number of hydrogen-bond acceptors (Lipinski definition) is 5. The van der Waals surface area contributed by atoms with Crippen molar-refractivity contribution in [2.75, 3.05) is 19.8 Å². The third kappa shape index (κ3) is 6.47. The average molecular weight is 516 g/mol. The molecule has 1 heterocycles. The summed E-state index contributed by atoms with van der Waals surface area (Å²) in [6, 6.07) is 4.31. The summed E-state index contributed by atoms with van der Waals surface area (Å²) in [5, 5.41) is 9.10. The van der Waals surface area contributed by atoms with Crippen LogP contribution in [0.15, 0.2) is 18.2 Å². The first-order valence-corrected chi connectivity index (χ1v) is 12.4. The number of nitrogens with one attached hydrogen (secondary N) is 3. The Morgan fingerprint density at radius 3 is 2.39 bits per heavy atom. The van der Waals surface area contributed by atoms with Gasteiger partial charge in [0, 0.05) is 29.6 Å². The van der Waals surface area contributed by atoms with Crippen LogP contribution in [0.1, 0.15) is 56.9 Å². The fourth-order valence-electron chi connectivity index (χ4n) is 5.49. The van der Waals surface area contributed by atoms with Crippen molar-refractivity contribution >= 4 is 11.8 Å². The molecule has 1 aliphatic heterocycles. The maximum Gasteiger partial charge on any atom is 0.411 e. The maximum absolute atomic E-state index is 13.7. The van der Waals surface area contributed by atoms with Gasteiger partial charge >= 0.3 is 6.18 Å². The molecule has 0 radical (unpaired) electrons. The molecule has 200 valence electrons. The number of benzene rings is 1. The zero-order chi connectivity index (χ0) is 26.0. The van der Waals surface area contributed by atoms with Gasteiger partial charge in [0.05, 0.1) is 0 Å². The van der Waals surface area contributed by atoms with E-state index >= 15 is 0 Å². The standard InChI is InChI=1S/C25H33F4N3O4/c1-16-2-4-18(12-19(16)26)35-14-20(33)32-24-9-6-23(7-10-24,8-11-24)22(34)31-17-3-5-21(30-13-17)36-15-25(27,28)29/h2,4,12,17,21,30H,3,5-11,13-15H2,1H3,(H,31,34)(H,32,33). The van der Waals surface area contributed by atoms with Crippen molar-refractivity contribution in [2.45, 2.75) is 82.3 Å². The molecule has 2 bridgehead atoms. The highest BCUT2D eigenvalue weighted by Crippen LogP contribution is 2.52. The summed E-state index contributed by atoms with van der Waals surface area (Å²) in [6.07, 6.45) is -0.0914. The minimum absolute atomic E-state index is 0.0201. The van der Waals surface area contributed by atoms with Crippen LogP contribution in [0.5, 0.6) is 5.75 Å². The topological polar surface area (TPSA) is 88.7 Å². The predicted molar refractivity (Wildman–Crippen MR) is 123 cm³/mol. The average Bonchev–Trinajstić information content (AvgIpc) is 2.85. The smallest absolute Gasteiger partial charge is 0.411 e. The molecule has 5 rings (SSSR count). The second-order valence-electron chi connectivity index (χ2n) is 10.4. The molecule has 3 N–H and O–H groups in total. The second kappa shape index (κ2) is 10.5. The van der Waals surface area contributed by atoms with E-state index in [-0.39, 0.29) is 35.8 Å². The van der Waals surface area contributed by atoms with Crippen LogP contribution in [0.2, 0.25) is 0 Å². The Morgan fingerprint density at radius 1 is 1.11 bits per heavy atom. The van der Waals surface area contributed by atoms with E-state index in [4.69, 9.17) is 9.47 Å². The number of hydrogen-bond donors (Lipinski definition) is 3. The van der Waals surface area contributed by atoms with Crippen LogP contribution < -0.4 is 20.7 Å². The summed E-state index contributed by atoms with van der Waals surface area (Å²) in [7, 11) is 0. The van der Waals surface area contributed by atoms with Gasteiger partial charge in [0.1, 0.15) is 24.4 Å². The van der Waals surface area contributed by atoms with Crippen molar-refractivity contribution in [3.05, 3.63) is 29.6 Å². The Bertz CT molecular complexity index is 939. The first-order chi connectivity index (χ1) is 17.0. The highest BCUT2D eigenvalue weighted by molar-refractivity contribution is 5.84. The lowest BCUT2D eigenvalue weighted by Crippen LogP contribution is -2.61. The Hall–Kier alpha value is -2.40. The van der Waals surface area contributed by atoms with E-state index in [0.717, 1.165) is 0 Å². The first-order valence-electron chi connectivity index (χ1n) is 12.4. The summed E-state index contributed by atoms with van der Waals surface area (Å²) in [6.45, 7) is 0.504. The lowest BCUT2D eigenvalue weighted by atomic mass is 9.56. The van der Waals surface area contributed by atoms with Gasteiger partial charge < -0.3 is 20.1 Å². The molecule has 11 heteroatoms. The molecule has 2 amide bonds. The number of fused-ring (bicyclic) bond motifs is 3. The molecule has 7 nitrogen and oxygen atoms in total. The van der Waals surface area contributed by atoms with Crippen molar-refractivity contribution in [3.63, 3.8) is 0 Å². The van der Waals surface area contributed by atoms with Crippen molar-refractivity contribution in [2.24, 2.45) is 5.41 Å². The number of aryl methyl sites for hydroxylation is 1. The van der Waals surface area contributed by atoms with Crippen molar-refractivity contribution in [1.82, 2.24) is 16.0 Å². The fourth-order valence-corrected chi connectivity index (χ4v) is 5.49. The summed E-state index contributed by atoms with van der Waals surface area (Å²) in [5.41, 5.74) is -0.343. The van der Waals surface area contributed by atoms with Gasteiger partial charge in [-0.3, -0.25) is 14.9 Å². The van der Waals surface area contributed by atoms with Gasteiger partial charge in [0.15, 0.2) is 6.61 Å². The largest absolute Gasteiger partial charge is 0.484 e. The highest BCUT2D eigenvalue weighted by atomic mass is 19.4. The van der Waals surface area contributed by atoms with Crippen molar-refractivity contribution in [3.8, 4) is 5.75 Å². The SMILES string of the molecule is Cc1ccc(OCC(=O)NC23CCC(C(=O)NC4CCC(OCC(F)(F)F)NC4)(CC2)CC3)cc1F. The number of carbonyl (C=O) groups excluding carboxylic acids is 2. The van der Waals surface area contributed by atoms with E-state index in [1.165, 1.54) is 6.07 Å². The third-order valence-electron chi connectivity index (χ3n) is 7.80. The molecule has 0 aromatic heterocycles. The highest BCUT2D eigenvalue weighted by Gasteiger charge is 2.53. The monoisotopic (exact) mass is 515 g/mol. The molecule has 1 aromatic rings. The Balaban J connectivity index is 1.20. The molecule has 2 unspecified atom stereocenters. The molecule has 4 aliphatic rings. The minimum atomic E-state index is -4.36. The fraction of sp³-hybridized carbons (Fsp3) is 0.680. The van der Waals surface area contributed by atoms with Crippen LogP contribution in [-0.2, 0) is 14.3 Å². The number of piperidine rings is 1. The number of carbonyl (C=O) groups is 2. The zero-order valence-corrected chi connectivity index (χ0v) is 20.3. The quantitative estimate of drug-likeness (QED) is 0.462. The van der Waals surface area contributed by atoms with Gasteiger partial charge in [-0.1, -0.05) is 6.07 Å². The Labute approximate surface area is 207 Å².